The van der Waals surface area contributed by atoms with E-state index in [1.165, 1.54) is 12.8 Å². The predicted molar refractivity (Wildman–Crippen MR) is 74.4 cm³/mol. The van der Waals surface area contributed by atoms with E-state index in [1.54, 1.807) is 16.8 Å². The van der Waals surface area contributed by atoms with Crippen molar-refractivity contribution in [3.8, 4) is 0 Å². The third-order valence-corrected chi connectivity index (χ3v) is 4.05. The topological polar surface area (TPSA) is 63.4 Å². The van der Waals surface area contributed by atoms with E-state index in [1.807, 2.05) is 11.0 Å². The van der Waals surface area contributed by atoms with Crippen LogP contribution in [0.25, 0.3) is 5.65 Å². The van der Waals surface area contributed by atoms with Crippen LogP contribution in [0, 0.1) is 0 Å². The fraction of sp³-hybridized carbons (Fsp3) is 0.571. The van der Waals surface area contributed by atoms with Crippen molar-refractivity contribution >= 4 is 11.6 Å². The largest absolute Gasteiger partial charge is 0.336 e. The van der Waals surface area contributed by atoms with Crippen molar-refractivity contribution < 1.29 is 4.79 Å². The van der Waals surface area contributed by atoms with Crippen LogP contribution < -0.4 is 0 Å². The van der Waals surface area contributed by atoms with Gasteiger partial charge in [-0.2, -0.15) is 4.52 Å². The molecule has 2 aromatic heterocycles. The van der Waals surface area contributed by atoms with E-state index in [-0.39, 0.29) is 5.91 Å². The molecule has 0 spiro atoms. The monoisotopic (exact) mass is 273 g/mol. The van der Waals surface area contributed by atoms with Crippen LogP contribution in [-0.4, -0.2) is 43.4 Å². The fourth-order valence-corrected chi connectivity index (χ4v) is 2.90. The highest BCUT2D eigenvalue weighted by Crippen LogP contribution is 2.21. The molecule has 0 N–H and O–H groups in total. The molecule has 0 aliphatic carbocycles. The Kier molecular flexibility index (Phi) is 3.62. The summed E-state index contributed by atoms with van der Waals surface area (Å²) in [6.45, 7) is 3.01. The molecule has 1 aliphatic rings. The molecule has 106 valence electrons. The second-order valence-electron chi connectivity index (χ2n) is 5.31. The van der Waals surface area contributed by atoms with Gasteiger partial charge >= 0.3 is 0 Å². The van der Waals surface area contributed by atoms with Gasteiger partial charge in [-0.1, -0.05) is 19.8 Å². The molecule has 6 heteroatoms. The van der Waals surface area contributed by atoms with E-state index in [9.17, 15) is 4.79 Å². The summed E-state index contributed by atoms with van der Waals surface area (Å²) >= 11 is 0. The SMILES string of the molecule is CCC1CCCCCN1C(=O)c1ccc2nnnn2c1. The minimum atomic E-state index is 0.0937. The minimum Gasteiger partial charge on any atom is -0.336 e. The molecular weight excluding hydrogens is 254 g/mol. The lowest BCUT2D eigenvalue weighted by molar-refractivity contribution is 0.0677. The molecular formula is C14H19N5O. The van der Waals surface area contributed by atoms with Crippen molar-refractivity contribution in [2.24, 2.45) is 0 Å². The molecule has 1 unspecified atom stereocenters. The first-order chi connectivity index (χ1) is 9.79. The lowest BCUT2D eigenvalue weighted by Gasteiger charge is -2.29. The molecule has 2 aromatic rings. The Morgan fingerprint density at radius 3 is 3.10 bits per heavy atom. The van der Waals surface area contributed by atoms with E-state index >= 15 is 0 Å². The van der Waals surface area contributed by atoms with Crippen LogP contribution in [0.15, 0.2) is 18.3 Å². The van der Waals surface area contributed by atoms with Crippen LogP contribution in [0.3, 0.4) is 0 Å². The predicted octanol–water partition coefficient (Wildman–Crippen LogP) is 1.92. The zero-order valence-electron chi connectivity index (χ0n) is 11.7. The third kappa shape index (κ3) is 2.37. The third-order valence-electron chi connectivity index (χ3n) is 4.05. The Hall–Kier alpha value is -1.98. The second-order valence-corrected chi connectivity index (χ2v) is 5.31. The lowest BCUT2D eigenvalue weighted by atomic mass is 10.1. The second kappa shape index (κ2) is 5.56. The zero-order valence-corrected chi connectivity index (χ0v) is 11.7. The van der Waals surface area contributed by atoms with Gasteiger partial charge in [-0.15, -0.1) is 5.10 Å². The molecule has 20 heavy (non-hydrogen) atoms. The van der Waals surface area contributed by atoms with E-state index < -0.39 is 0 Å². The lowest BCUT2D eigenvalue weighted by Crippen LogP contribution is -2.39. The van der Waals surface area contributed by atoms with Crippen molar-refractivity contribution in [3.63, 3.8) is 0 Å². The summed E-state index contributed by atoms with van der Waals surface area (Å²) in [4.78, 5) is 14.8. The first-order valence-electron chi connectivity index (χ1n) is 7.28. The van der Waals surface area contributed by atoms with Gasteiger partial charge in [-0.3, -0.25) is 4.79 Å². The molecule has 6 nitrogen and oxygen atoms in total. The van der Waals surface area contributed by atoms with Crippen LogP contribution in [0.1, 0.15) is 49.4 Å². The van der Waals surface area contributed by atoms with Crippen LogP contribution in [-0.2, 0) is 0 Å². The first-order valence-corrected chi connectivity index (χ1v) is 7.28. The molecule has 1 atom stereocenters. The van der Waals surface area contributed by atoms with Crippen molar-refractivity contribution in [3.05, 3.63) is 23.9 Å². The van der Waals surface area contributed by atoms with E-state index in [0.29, 0.717) is 17.3 Å². The number of hydrogen-bond acceptors (Lipinski definition) is 4. The molecule has 0 aromatic carbocycles. The quantitative estimate of drug-likeness (QED) is 0.838. The highest BCUT2D eigenvalue weighted by atomic mass is 16.2. The van der Waals surface area contributed by atoms with Gasteiger partial charge in [0.25, 0.3) is 5.91 Å². The number of hydrogen-bond donors (Lipinski definition) is 0. The smallest absolute Gasteiger partial charge is 0.255 e. The zero-order chi connectivity index (χ0) is 13.9. The van der Waals surface area contributed by atoms with Gasteiger partial charge in [0, 0.05) is 18.8 Å². The van der Waals surface area contributed by atoms with Crippen LogP contribution in [0.5, 0.6) is 0 Å². The van der Waals surface area contributed by atoms with Gasteiger partial charge in [-0.05, 0) is 41.8 Å². The number of carbonyl (C=O) groups is 1. The summed E-state index contributed by atoms with van der Waals surface area (Å²) in [5.41, 5.74) is 1.31. The van der Waals surface area contributed by atoms with Gasteiger partial charge in [-0.25, -0.2) is 0 Å². The Morgan fingerprint density at radius 2 is 2.25 bits per heavy atom. The molecule has 0 bridgehead atoms. The summed E-state index contributed by atoms with van der Waals surface area (Å²) in [5.74, 6) is 0.0937. The van der Waals surface area contributed by atoms with Crippen molar-refractivity contribution in [2.75, 3.05) is 6.54 Å². The molecule has 1 fully saturated rings. The van der Waals surface area contributed by atoms with Crippen molar-refractivity contribution in [1.29, 1.82) is 0 Å². The highest BCUT2D eigenvalue weighted by Gasteiger charge is 2.25. The van der Waals surface area contributed by atoms with E-state index in [2.05, 4.69) is 22.4 Å². The summed E-state index contributed by atoms with van der Waals surface area (Å²) < 4.78 is 1.55. The normalized spacial score (nSPS) is 20.1. The number of nitrogens with zero attached hydrogens (tertiary/aromatic N) is 5. The number of likely N-dealkylation sites (tertiary alicyclic amines) is 1. The average Bonchev–Trinajstić information content (AvgIpc) is 2.81. The standard InChI is InChI=1S/C14H19N5O/c1-2-12-6-4-3-5-9-18(12)14(20)11-7-8-13-15-16-17-19(13)10-11/h7-8,10,12H,2-6,9H2,1H3. The summed E-state index contributed by atoms with van der Waals surface area (Å²) in [5, 5.41) is 11.3. The van der Waals surface area contributed by atoms with Crippen LogP contribution in [0.2, 0.25) is 0 Å². The van der Waals surface area contributed by atoms with Crippen LogP contribution >= 0.6 is 0 Å². The molecule has 1 saturated heterocycles. The first kappa shape index (κ1) is 13.0. The number of carbonyl (C=O) groups excluding carboxylic acids is 1. The average molecular weight is 273 g/mol. The Labute approximate surface area is 117 Å². The summed E-state index contributed by atoms with van der Waals surface area (Å²) in [6.07, 6.45) is 7.36. The minimum absolute atomic E-state index is 0.0937. The maximum Gasteiger partial charge on any atom is 0.255 e. The molecule has 3 heterocycles. The molecule has 1 amide bonds. The van der Waals surface area contributed by atoms with Crippen molar-refractivity contribution in [2.45, 2.75) is 45.1 Å². The maximum atomic E-state index is 12.7. The van der Waals surface area contributed by atoms with Gasteiger partial charge in [0.05, 0.1) is 5.56 Å². The Morgan fingerprint density at radius 1 is 1.35 bits per heavy atom. The number of rotatable bonds is 2. The van der Waals surface area contributed by atoms with Gasteiger partial charge in [0.2, 0.25) is 0 Å². The summed E-state index contributed by atoms with van der Waals surface area (Å²) in [6, 6.07) is 3.95. The fourth-order valence-electron chi connectivity index (χ4n) is 2.90. The number of aromatic nitrogens is 4. The molecule has 1 aliphatic heterocycles. The number of pyridine rings is 1. The molecule has 0 radical (unpaired) electrons. The van der Waals surface area contributed by atoms with Crippen molar-refractivity contribution in [1.82, 2.24) is 24.9 Å². The van der Waals surface area contributed by atoms with Crippen LogP contribution in [0.4, 0.5) is 0 Å². The number of amides is 1. The molecule has 0 saturated carbocycles. The molecule has 3 rings (SSSR count). The number of tetrazole rings is 1. The highest BCUT2D eigenvalue weighted by molar-refractivity contribution is 5.94. The maximum absolute atomic E-state index is 12.7. The summed E-state index contributed by atoms with van der Waals surface area (Å²) in [7, 11) is 0. The van der Waals surface area contributed by atoms with Gasteiger partial charge in [0.15, 0.2) is 5.65 Å². The number of fused-ring (bicyclic) bond motifs is 1. The Bertz CT molecular complexity index is 608. The Balaban J connectivity index is 1.88. The van der Waals surface area contributed by atoms with Gasteiger partial charge < -0.3 is 4.90 Å². The van der Waals surface area contributed by atoms with E-state index in [4.69, 9.17) is 0 Å². The van der Waals surface area contributed by atoms with E-state index in [0.717, 1.165) is 25.8 Å². The van der Waals surface area contributed by atoms with Gasteiger partial charge in [0.1, 0.15) is 0 Å².